The van der Waals surface area contributed by atoms with Crippen molar-refractivity contribution in [3.8, 4) is 0 Å². The molecule has 0 saturated heterocycles. The van der Waals surface area contributed by atoms with Gasteiger partial charge >= 0.3 is 0 Å². The van der Waals surface area contributed by atoms with E-state index in [1.807, 2.05) is 18.2 Å². The van der Waals surface area contributed by atoms with Crippen molar-refractivity contribution in [2.45, 2.75) is 12.3 Å². The summed E-state index contributed by atoms with van der Waals surface area (Å²) in [7, 11) is 0. The summed E-state index contributed by atoms with van der Waals surface area (Å²) in [6.07, 6.45) is 2.57. The first-order chi connectivity index (χ1) is 6.83. The van der Waals surface area contributed by atoms with Crippen LogP contribution in [0.2, 0.25) is 0 Å². The number of carbonyl (C=O) groups is 1. The van der Waals surface area contributed by atoms with Gasteiger partial charge in [0, 0.05) is 6.54 Å². The Hall–Kier alpha value is -1.57. The fraction of sp³-hybridized carbons (Fsp3) is 0.250. The van der Waals surface area contributed by atoms with Crippen LogP contribution in [0.4, 0.5) is 0 Å². The molecule has 1 aliphatic carbocycles. The summed E-state index contributed by atoms with van der Waals surface area (Å²) >= 11 is 0. The van der Waals surface area contributed by atoms with E-state index < -0.39 is 0 Å². The molecular weight excluding hydrogens is 174 g/mol. The van der Waals surface area contributed by atoms with Gasteiger partial charge in [-0.15, -0.1) is 6.58 Å². The average Bonchev–Trinajstić information content (AvgIpc) is 2.17. The summed E-state index contributed by atoms with van der Waals surface area (Å²) in [5.74, 6) is 0.176. The highest BCUT2D eigenvalue weighted by atomic mass is 16.1. The van der Waals surface area contributed by atoms with Crippen LogP contribution >= 0.6 is 0 Å². The molecule has 0 spiro atoms. The third-order valence-electron chi connectivity index (χ3n) is 2.59. The number of benzene rings is 1. The van der Waals surface area contributed by atoms with E-state index >= 15 is 0 Å². The van der Waals surface area contributed by atoms with E-state index in [1.54, 1.807) is 6.08 Å². The van der Waals surface area contributed by atoms with E-state index in [4.69, 9.17) is 0 Å². The quantitative estimate of drug-likeness (QED) is 0.716. The van der Waals surface area contributed by atoms with Crippen molar-refractivity contribution in [3.05, 3.63) is 48.0 Å². The molecule has 2 rings (SSSR count). The van der Waals surface area contributed by atoms with Crippen LogP contribution in [0.1, 0.15) is 17.0 Å². The van der Waals surface area contributed by atoms with Gasteiger partial charge in [-0.2, -0.15) is 0 Å². The van der Waals surface area contributed by atoms with E-state index in [0.29, 0.717) is 6.54 Å². The van der Waals surface area contributed by atoms with Gasteiger partial charge in [0.05, 0.1) is 5.92 Å². The molecular formula is C12H13NO. The van der Waals surface area contributed by atoms with Crippen LogP contribution in [0.3, 0.4) is 0 Å². The Kier molecular flexibility index (Phi) is 2.35. The van der Waals surface area contributed by atoms with Crippen molar-refractivity contribution in [1.29, 1.82) is 0 Å². The van der Waals surface area contributed by atoms with Gasteiger partial charge in [-0.1, -0.05) is 30.3 Å². The van der Waals surface area contributed by atoms with Gasteiger partial charge in [0.25, 0.3) is 0 Å². The molecule has 0 fully saturated rings. The molecule has 72 valence electrons. The second-order valence-electron chi connectivity index (χ2n) is 3.49. The van der Waals surface area contributed by atoms with Crippen LogP contribution in [0.5, 0.6) is 0 Å². The molecule has 2 heteroatoms. The molecule has 1 aliphatic rings. The van der Waals surface area contributed by atoms with Crippen LogP contribution in [0, 0.1) is 0 Å². The zero-order chi connectivity index (χ0) is 9.97. The van der Waals surface area contributed by atoms with Crippen LogP contribution < -0.4 is 5.32 Å². The maximum Gasteiger partial charge on any atom is 0.228 e. The highest BCUT2D eigenvalue weighted by Gasteiger charge is 2.30. The standard InChI is InChI=1S/C12H13NO/c1-2-7-13-12(14)11-8-9-5-3-4-6-10(9)11/h2-6,11H,1,7-8H2,(H,13,14). The number of hydrogen-bond donors (Lipinski definition) is 1. The van der Waals surface area contributed by atoms with E-state index in [9.17, 15) is 4.79 Å². The largest absolute Gasteiger partial charge is 0.352 e. The third kappa shape index (κ3) is 1.43. The van der Waals surface area contributed by atoms with E-state index in [2.05, 4.69) is 18.0 Å². The number of amides is 1. The van der Waals surface area contributed by atoms with E-state index in [1.165, 1.54) is 11.1 Å². The molecule has 2 nitrogen and oxygen atoms in total. The number of carbonyl (C=O) groups excluding carboxylic acids is 1. The molecule has 0 radical (unpaired) electrons. The summed E-state index contributed by atoms with van der Waals surface area (Å²) in [4.78, 5) is 11.6. The van der Waals surface area contributed by atoms with Crippen LogP contribution in [-0.4, -0.2) is 12.5 Å². The first-order valence-corrected chi connectivity index (χ1v) is 4.79. The molecule has 1 aromatic rings. The van der Waals surface area contributed by atoms with Crippen molar-refractivity contribution in [3.63, 3.8) is 0 Å². The Labute approximate surface area is 83.6 Å². The SMILES string of the molecule is C=CCNC(=O)C1Cc2ccccc21. The number of fused-ring (bicyclic) bond motifs is 1. The molecule has 14 heavy (non-hydrogen) atoms. The van der Waals surface area contributed by atoms with Crippen molar-refractivity contribution in [2.75, 3.05) is 6.54 Å². The van der Waals surface area contributed by atoms with Gasteiger partial charge in [0.2, 0.25) is 5.91 Å². The Morgan fingerprint density at radius 2 is 2.36 bits per heavy atom. The van der Waals surface area contributed by atoms with Gasteiger partial charge in [0.15, 0.2) is 0 Å². The predicted molar refractivity (Wildman–Crippen MR) is 56.1 cm³/mol. The monoisotopic (exact) mass is 187 g/mol. The van der Waals surface area contributed by atoms with Gasteiger partial charge in [-0.25, -0.2) is 0 Å². The maximum absolute atomic E-state index is 11.6. The summed E-state index contributed by atoms with van der Waals surface area (Å²) in [5, 5.41) is 2.82. The second-order valence-corrected chi connectivity index (χ2v) is 3.49. The maximum atomic E-state index is 11.6. The molecule has 1 atom stereocenters. The summed E-state index contributed by atoms with van der Waals surface area (Å²) < 4.78 is 0. The van der Waals surface area contributed by atoms with Crippen molar-refractivity contribution in [2.24, 2.45) is 0 Å². The lowest BCUT2D eigenvalue weighted by Gasteiger charge is -2.28. The molecule has 0 bridgehead atoms. The zero-order valence-electron chi connectivity index (χ0n) is 7.99. The Balaban J connectivity index is 2.04. The summed E-state index contributed by atoms with van der Waals surface area (Å²) in [5.41, 5.74) is 2.47. The second kappa shape index (κ2) is 3.66. The fourth-order valence-corrected chi connectivity index (χ4v) is 1.79. The Bertz CT molecular complexity index is 370. The predicted octanol–water partition coefficient (Wildman–Crippen LogP) is 1.63. The first-order valence-electron chi connectivity index (χ1n) is 4.79. The first kappa shape index (κ1) is 9.00. The normalized spacial score (nSPS) is 17.9. The lowest BCUT2D eigenvalue weighted by molar-refractivity contribution is -0.122. The molecule has 1 aromatic carbocycles. The number of rotatable bonds is 3. The zero-order valence-corrected chi connectivity index (χ0v) is 7.99. The lowest BCUT2D eigenvalue weighted by Crippen LogP contribution is -2.35. The van der Waals surface area contributed by atoms with Crippen LogP contribution in [0.15, 0.2) is 36.9 Å². The fourth-order valence-electron chi connectivity index (χ4n) is 1.79. The molecule has 1 N–H and O–H groups in total. The highest BCUT2D eigenvalue weighted by Crippen LogP contribution is 2.34. The Morgan fingerprint density at radius 3 is 3.07 bits per heavy atom. The molecule has 1 amide bonds. The minimum Gasteiger partial charge on any atom is -0.352 e. The molecule has 1 unspecified atom stereocenters. The minimum atomic E-state index is 0.0612. The molecule has 0 heterocycles. The van der Waals surface area contributed by atoms with E-state index in [0.717, 1.165) is 6.42 Å². The highest BCUT2D eigenvalue weighted by molar-refractivity contribution is 5.86. The molecule has 0 aliphatic heterocycles. The van der Waals surface area contributed by atoms with Crippen molar-refractivity contribution < 1.29 is 4.79 Å². The molecule has 0 saturated carbocycles. The van der Waals surface area contributed by atoms with Gasteiger partial charge in [-0.05, 0) is 17.5 Å². The number of nitrogens with one attached hydrogen (secondary N) is 1. The van der Waals surface area contributed by atoms with Gasteiger partial charge in [-0.3, -0.25) is 4.79 Å². The lowest BCUT2D eigenvalue weighted by atomic mass is 9.77. The topological polar surface area (TPSA) is 29.1 Å². The number of hydrogen-bond acceptors (Lipinski definition) is 1. The van der Waals surface area contributed by atoms with Gasteiger partial charge < -0.3 is 5.32 Å². The third-order valence-corrected chi connectivity index (χ3v) is 2.59. The van der Waals surface area contributed by atoms with Crippen LogP contribution in [0.25, 0.3) is 0 Å². The van der Waals surface area contributed by atoms with E-state index in [-0.39, 0.29) is 11.8 Å². The van der Waals surface area contributed by atoms with Crippen LogP contribution in [-0.2, 0) is 11.2 Å². The average molecular weight is 187 g/mol. The summed E-state index contributed by atoms with van der Waals surface area (Å²) in [6, 6.07) is 8.09. The Morgan fingerprint density at radius 1 is 1.57 bits per heavy atom. The molecule has 0 aromatic heterocycles. The summed E-state index contributed by atoms with van der Waals surface area (Å²) in [6.45, 7) is 4.12. The van der Waals surface area contributed by atoms with Crippen molar-refractivity contribution in [1.82, 2.24) is 5.32 Å². The van der Waals surface area contributed by atoms with Crippen molar-refractivity contribution >= 4 is 5.91 Å². The smallest absolute Gasteiger partial charge is 0.228 e. The van der Waals surface area contributed by atoms with Gasteiger partial charge in [0.1, 0.15) is 0 Å². The minimum absolute atomic E-state index is 0.0612.